The van der Waals surface area contributed by atoms with Gasteiger partial charge in [-0.2, -0.15) is 11.8 Å². The van der Waals surface area contributed by atoms with Crippen LogP contribution in [0.1, 0.15) is 73.8 Å². The lowest BCUT2D eigenvalue weighted by Crippen LogP contribution is -2.54. The van der Waals surface area contributed by atoms with E-state index in [2.05, 4.69) is 31.7 Å². The number of thioether (sulfide) groups is 1. The zero-order valence-electron chi connectivity index (χ0n) is 34.1. The van der Waals surface area contributed by atoms with E-state index in [1.807, 2.05) is 64.3 Å². The molecule has 304 valence electrons. The van der Waals surface area contributed by atoms with Crippen LogP contribution < -0.4 is 31.7 Å². The first-order valence-electron chi connectivity index (χ1n) is 19.1. The highest BCUT2D eigenvalue weighted by atomic mass is 32.2. The zero-order chi connectivity index (χ0) is 41.6. The molecule has 0 aromatic heterocycles. The number of amides is 4. The van der Waals surface area contributed by atoms with Crippen molar-refractivity contribution in [3.63, 3.8) is 0 Å². The Balaban J connectivity index is 2.06. The minimum absolute atomic E-state index is 0.115. The van der Waals surface area contributed by atoms with Gasteiger partial charge in [-0.3, -0.25) is 24.0 Å². The van der Waals surface area contributed by atoms with Crippen molar-refractivity contribution >= 4 is 47.5 Å². The summed E-state index contributed by atoms with van der Waals surface area (Å²) >= 11 is 1.48. The van der Waals surface area contributed by atoms with E-state index in [0.29, 0.717) is 49.3 Å². The quantitative estimate of drug-likeness (QED) is 0.0591. The molecule has 2 rings (SSSR count). The first kappa shape index (κ1) is 44.8. The zero-order valence-corrected chi connectivity index (χ0v) is 34.0. The predicted molar refractivity (Wildman–Crippen MR) is 213 cm³/mol. The standard InChI is InChI=1S/C40H59N5O9S/c1-25(2)24-53-40(51)54-34-20-26(3)30(27(4)28(34)5)22-31(41)37(48)45-32(17-19-55-7)38(49)43-23-35(46)44-33(21-29-14-10-8-11-15-29)39(50)42-18-13-9-12-16-36(47)52-6/h8,10-11,14-15,20,25,31-33H,9,12-13,16-19,21-24,41H2,1-7H3,(H,42,50)(H,43,49)(H,44,46)(H,45,48)/t31-,32-,33-/m0/s1/i/hD. The van der Waals surface area contributed by atoms with Gasteiger partial charge in [-0.05, 0) is 98.3 Å². The first-order chi connectivity index (χ1) is 26.7. The van der Waals surface area contributed by atoms with Gasteiger partial charge in [0.25, 0.3) is 0 Å². The summed E-state index contributed by atoms with van der Waals surface area (Å²) in [4.78, 5) is 76.7. The molecule has 0 unspecified atom stereocenters. The van der Waals surface area contributed by atoms with E-state index < -0.39 is 48.5 Å². The number of rotatable bonds is 24. The molecule has 0 heterocycles. The molecule has 0 saturated carbocycles. The summed E-state index contributed by atoms with van der Waals surface area (Å²) in [5.41, 5.74) is 6.12. The molecule has 0 aliphatic rings. The van der Waals surface area contributed by atoms with Gasteiger partial charge in [-0.15, -0.1) is 0 Å². The molecular formula is C40H59N5O9S. The maximum absolute atomic E-state index is 13.5. The number of hydrogen-bond acceptors (Lipinski definition) is 11. The lowest BCUT2D eigenvalue weighted by molar-refractivity contribution is -0.140. The number of methoxy groups -OCH3 is 1. The van der Waals surface area contributed by atoms with Gasteiger partial charge in [0.05, 0.1) is 26.3 Å². The summed E-state index contributed by atoms with van der Waals surface area (Å²) in [6.45, 7) is 9.43. The highest BCUT2D eigenvalue weighted by Crippen LogP contribution is 2.29. The molecule has 0 fully saturated rings. The SMILES string of the molecule is [2H]N[C@@H](Cc1c(C)cc(OC(=O)OCC(C)C)c(C)c1C)C(=O)N[C@@H](CCSC)C(=O)NCC(=O)N[C@@H](Cc1ccccc1)C(=O)NCCCCCC(=O)OC. The van der Waals surface area contributed by atoms with Gasteiger partial charge in [0.2, 0.25) is 23.6 Å². The summed E-state index contributed by atoms with van der Waals surface area (Å²) in [5, 5.41) is 10.9. The highest BCUT2D eigenvalue weighted by Gasteiger charge is 2.27. The lowest BCUT2D eigenvalue weighted by atomic mass is 9.92. The number of carbonyl (C=O) groups excluding carboxylic acids is 6. The number of unbranched alkanes of at least 4 members (excludes halogenated alkanes) is 2. The van der Waals surface area contributed by atoms with E-state index in [1.165, 1.54) is 18.9 Å². The second-order valence-corrected chi connectivity index (χ2v) is 14.8. The maximum Gasteiger partial charge on any atom is 0.513 e. The summed E-state index contributed by atoms with van der Waals surface area (Å²) in [6.07, 6.45) is 3.95. The average molecular weight is 787 g/mol. The molecule has 0 bridgehead atoms. The van der Waals surface area contributed by atoms with Crippen molar-refractivity contribution in [3.05, 3.63) is 64.2 Å². The minimum atomic E-state index is -1.03. The number of nitrogens with one attached hydrogen (secondary N) is 4. The van der Waals surface area contributed by atoms with Crippen molar-refractivity contribution in [2.45, 2.75) is 97.7 Å². The third-order valence-electron chi connectivity index (χ3n) is 8.85. The van der Waals surface area contributed by atoms with Gasteiger partial charge < -0.3 is 41.2 Å². The van der Waals surface area contributed by atoms with Gasteiger partial charge in [0.1, 0.15) is 19.2 Å². The van der Waals surface area contributed by atoms with Crippen LogP contribution in [0.3, 0.4) is 0 Å². The Kier molecular flexibility index (Phi) is 20.1. The molecule has 0 saturated heterocycles. The monoisotopic (exact) mass is 786 g/mol. The normalized spacial score (nSPS) is 12.8. The summed E-state index contributed by atoms with van der Waals surface area (Å²) in [7, 11) is 1.34. The van der Waals surface area contributed by atoms with Crippen molar-refractivity contribution in [3.8, 4) is 5.75 Å². The van der Waals surface area contributed by atoms with Crippen LogP contribution in [0.25, 0.3) is 0 Å². The molecule has 55 heavy (non-hydrogen) atoms. The van der Waals surface area contributed by atoms with Crippen LogP contribution in [0.2, 0.25) is 1.41 Å². The fourth-order valence-corrected chi connectivity index (χ4v) is 6.02. The molecule has 15 heteroatoms. The van der Waals surface area contributed by atoms with Crippen LogP contribution in [0.15, 0.2) is 36.4 Å². The van der Waals surface area contributed by atoms with Gasteiger partial charge in [0.15, 0.2) is 0 Å². The molecule has 0 aliphatic heterocycles. The van der Waals surface area contributed by atoms with Gasteiger partial charge in [0, 0.05) is 19.4 Å². The third-order valence-corrected chi connectivity index (χ3v) is 9.49. The Morgan fingerprint density at radius 3 is 2.24 bits per heavy atom. The summed E-state index contributed by atoms with van der Waals surface area (Å²) in [6, 6.07) is 7.95. The molecular weight excluding hydrogens is 727 g/mol. The Morgan fingerprint density at radius 2 is 1.58 bits per heavy atom. The number of nitrogens with two attached hydrogens (primary N) is 1. The Hall–Kier alpha value is -4.63. The molecule has 0 aliphatic carbocycles. The number of benzene rings is 2. The van der Waals surface area contributed by atoms with E-state index >= 15 is 0 Å². The Bertz CT molecular complexity index is 1610. The fourth-order valence-electron chi connectivity index (χ4n) is 5.55. The molecule has 3 atom stereocenters. The van der Waals surface area contributed by atoms with E-state index in [4.69, 9.17) is 10.9 Å². The molecule has 0 spiro atoms. The molecule has 6 N–H and O–H groups in total. The van der Waals surface area contributed by atoms with E-state index in [9.17, 15) is 28.8 Å². The molecule has 2 aromatic carbocycles. The fraction of sp³-hybridized carbons (Fsp3) is 0.550. The van der Waals surface area contributed by atoms with Gasteiger partial charge >= 0.3 is 12.1 Å². The predicted octanol–water partition coefficient (Wildman–Crippen LogP) is 3.58. The molecule has 2 aromatic rings. The number of ether oxygens (including phenoxy) is 3. The van der Waals surface area contributed by atoms with E-state index in [-0.39, 0.29) is 43.7 Å². The number of carbonyl (C=O) groups is 6. The first-order valence-corrected chi connectivity index (χ1v) is 20.0. The lowest BCUT2D eigenvalue weighted by Gasteiger charge is -2.23. The van der Waals surface area contributed by atoms with E-state index in [0.717, 1.165) is 22.3 Å². The average Bonchev–Trinajstić information content (AvgIpc) is 3.17. The van der Waals surface area contributed by atoms with Crippen molar-refractivity contribution in [1.82, 2.24) is 21.3 Å². The molecule has 0 radical (unpaired) electrons. The van der Waals surface area contributed by atoms with Crippen LogP contribution in [0.4, 0.5) is 4.79 Å². The van der Waals surface area contributed by atoms with Crippen molar-refractivity contribution in [2.24, 2.45) is 11.6 Å². The van der Waals surface area contributed by atoms with Crippen LogP contribution in [0.5, 0.6) is 5.75 Å². The minimum Gasteiger partial charge on any atom is -0.469 e. The second kappa shape index (κ2) is 24.7. The summed E-state index contributed by atoms with van der Waals surface area (Å²) in [5.74, 6) is -1.40. The third kappa shape index (κ3) is 17.2. The Labute approximate surface area is 330 Å². The van der Waals surface area contributed by atoms with Crippen molar-refractivity contribution < 1.29 is 44.4 Å². The number of hydrogen-bond donors (Lipinski definition) is 5. The van der Waals surface area contributed by atoms with E-state index in [1.54, 1.807) is 13.0 Å². The van der Waals surface area contributed by atoms with Crippen molar-refractivity contribution in [1.29, 1.82) is 0 Å². The summed E-state index contributed by atoms with van der Waals surface area (Å²) < 4.78 is 23.2. The number of esters is 1. The van der Waals surface area contributed by atoms with Crippen LogP contribution >= 0.6 is 11.8 Å². The second-order valence-electron chi connectivity index (χ2n) is 13.8. The van der Waals surface area contributed by atoms with Gasteiger partial charge in [-0.25, -0.2) is 4.79 Å². The number of aryl methyl sites for hydroxylation is 1. The van der Waals surface area contributed by atoms with Gasteiger partial charge in [-0.1, -0.05) is 50.6 Å². The molecule has 4 amide bonds. The molecule has 14 nitrogen and oxygen atoms in total. The smallest absolute Gasteiger partial charge is 0.469 e. The maximum atomic E-state index is 13.5. The van der Waals surface area contributed by atoms with Crippen LogP contribution in [0, 0.1) is 26.7 Å². The highest BCUT2D eigenvalue weighted by molar-refractivity contribution is 7.98. The van der Waals surface area contributed by atoms with Crippen LogP contribution in [-0.2, 0) is 46.3 Å². The Morgan fingerprint density at radius 1 is 0.873 bits per heavy atom. The van der Waals surface area contributed by atoms with Crippen molar-refractivity contribution in [2.75, 3.05) is 38.8 Å². The van der Waals surface area contributed by atoms with Crippen LogP contribution in [-0.4, -0.2) is 92.7 Å². The largest absolute Gasteiger partial charge is 0.513 e. The topological polar surface area (TPSA) is 204 Å².